The normalized spacial score (nSPS) is 14.8. The first-order valence-electron chi connectivity index (χ1n) is 9.24. The van der Waals surface area contributed by atoms with Crippen molar-refractivity contribution in [3.8, 4) is 11.3 Å². The van der Waals surface area contributed by atoms with Crippen LogP contribution < -0.4 is 5.32 Å². The summed E-state index contributed by atoms with van der Waals surface area (Å²) in [5.41, 5.74) is 2.19. The van der Waals surface area contributed by atoms with Crippen molar-refractivity contribution >= 4 is 11.6 Å². The molecule has 0 spiro atoms. The van der Waals surface area contributed by atoms with Crippen molar-refractivity contribution in [2.45, 2.75) is 6.54 Å². The molecular formula is C22H21FN2O3. The fourth-order valence-electron chi connectivity index (χ4n) is 3.17. The summed E-state index contributed by atoms with van der Waals surface area (Å²) >= 11 is 0. The maximum Gasteiger partial charge on any atom is 0.291 e. The molecule has 0 atom stereocenters. The molecule has 2 aromatic carbocycles. The molecule has 1 N–H and O–H groups in total. The van der Waals surface area contributed by atoms with Crippen LogP contribution in [0, 0.1) is 5.82 Å². The number of hydrogen-bond donors (Lipinski definition) is 1. The molecule has 1 aliphatic rings. The molecule has 1 fully saturated rings. The van der Waals surface area contributed by atoms with E-state index in [0.717, 1.165) is 32.8 Å². The molecule has 3 aromatic rings. The van der Waals surface area contributed by atoms with Crippen molar-refractivity contribution in [1.29, 1.82) is 0 Å². The van der Waals surface area contributed by atoms with Gasteiger partial charge in [-0.05, 0) is 42.0 Å². The molecule has 1 aromatic heterocycles. The highest BCUT2D eigenvalue weighted by Crippen LogP contribution is 2.25. The molecular weight excluding hydrogens is 359 g/mol. The van der Waals surface area contributed by atoms with E-state index in [0.29, 0.717) is 17.0 Å². The molecule has 0 radical (unpaired) electrons. The Balaban J connectivity index is 1.39. The lowest BCUT2D eigenvalue weighted by molar-refractivity contribution is 0.0342. The number of nitrogens with zero attached hydrogens (tertiary/aromatic N) is 1. The van der Waals surface area contributed by atoms with Crippen LogP contribution in [0.4, 0.5) is 10.1 Å². The van der Waals surface area contributed by atoms with E-state index in [9.17, 15) is 9.18 Å². The second-order valence-corrected chi connectivity index (χ2v) is 6.68. The van der Waals surface area contributed by atoms with Gasteiger partial charge >= 0.3 is 0 Å². The van der Waals surface area contributed by atoms with Gasteiger partial charge in [-0.1, -0.05) is 24.3 Å². The van der Waals surface area contributed by atoms with Crippen molar-refractivity contribution in [1.82, 2.24) is 4.90 Å². The van der Waals surface area contributed by atoms with Gasteiger partial charge in [0, 0.05) is 25.3 Å². The van der Waals surface area contributed by atoms with E-state index in [1.165, 1.54) is 11.6 Å². The number of morpholine rings is 1. The fourth-order valence-corrected chi connectivity index (χ4v) is 3.17. The lowest BCUT2D eigenvalue weighted by Crippen LogP contribution is -2.35. The Hall–Kier alpha value is -2.96. The maximum atomic E-state index is 13.9. The largest absolute Gasteiger partial charge is 0.451 e. The van der Waals surface area contributed by atoms with Crippen LogP contribution >= 0.6 is 0 Å². The van der Waals surface area contributed by atoms with E-state index >= 15 is 0 Å². The van der Waals surface area contributed by atoms with Crippen LogP contribution in [0.3, 0.4) is 0 Å². The lowest BCUT2D eigenvalue weighted by atomic mass is 10.1. The first kappa shape index (κ1) is 18.4. The first-order valence-corrected chi connectivity index (χ1v) is 9.24. The number of carbonyl (C=O) groups excluding carboxylic acids is 1. The molecule has 0 bridgehead atoms. The Labute approximate surface area is 162 Å². The predicted octanol–water partition coefficient (Wildman–Crippen LogP) is 4.17. The Morgan fingerprint density at radius 2 is 1.75 bits per heavy atom. The van der Waals surface area contributed by atoms with Gasteiger partial charge in [0.15, 0.2) is 5.76 Å². The molecule has 0 aliphatic carbocycles. The van der Waals surface area contributed by atoms with Gasteiger partial charge < -0.3 is 14.5 Å². The molecule has 28 heavy (non-hydrogen) atoms. The summed E-state index contributed by atoms with van der Waals surface area (Å²) in [5.74, 6) is -0.303. The molecule has 0 unspecified atom stereocenters. The average Bonchev–Trinajstić information content (AvgIpc) is 3.21. The molecule has 144 valence electrons. The van der Waals surface area contributed by atoms with Gasteiger partial charge in [-0.3, -0.25) is 9.69 Å². The number of rotatable bonds is 5. The molecule has 1 saturated heterocycles. The Morgan fingerprint density at radius 1 is 1.00 bits per heavy atom. The Morgan fingerprint density at radius 3 is 2.50 bits per heavy atom. The SMILES string of the molecule is O=C(Nc1ccc(CN2CCOCC2)cc1)c1ccc(-c2ccccc2F)o1. The third-order valence-corrected chi connectivity index (χ3v) is 4.69. The third kappa shape index (κ3) is 4.30. The molecule has 0 saturated carbocycles. The minimum absolute atomic E-state index is 0.135. The van der Waals surface area contributed by atoms with Crippen LogP contribution in [0.1, 0.15) is 16.1 Å². The Kier molecular flexibility index (Phi) is 5.50. The van der Waals surface area contributed by atoms with E-state index in [4.69, 9.17) is 9.15 Å². The van der Waals surface area contributed by atoms with Gasteiger partial charge in [-0.25, -0.2) is 4.39 Å². The number of carbonyl (C=O) groups is 1. The average molecular weight is 380 g/mol. The van der Waals surface area contributed by atoms with E-state index in [2.05, 4.69) is 10.2 Å². The molecule has 1 aliphatic heterocycles. The number of halogens is 1. The monoisotopic (exact) mass is 380 g/mol. The standard InChI is InChI=1S/C22H21FN2O3/c23-19-4-2-1-3-18(19)20-9-10-21(28-20)22(26)24-17-7-5-16(6-8-17)15-25-11-13-27-14-12-25/h1-10H,11-15H2,(H,24,26). The van der Waals surface area contributed by atoms with Crippen molar-refractivity contribution in [3.05, 3.63) is 77.8 Å². The van der Waals surface area contributed by atoms with Gasteiger partial charge in [0.2, 0.25) is 0 Å². The number of nitrogens with one attached hydrogen (secondary N) is 1. The van der Waals surface area contributed by atoms with Gasteiger partial charge in [0.25, 0.3) is 5.91 Å². The number of benzene rings is 2. The first-order chi connectivity index (χ1) is 13.7. The second kappa shape index (κ2) is 8.37. The summed E-state index contributed by atoms with van der Waals surface area (Å²) < 4.78 is 24.8. The summed E-state index contributed by atoms with van der Waals surface area (Å²) in [6.45, 7) is 4.27. The van der Waals surface area contributed by atoms with Crippen LogP contribution in [-0.4, -0.2) is 37.1 Å². The van der Waals surface area contributed by atoms with Crippen molar-refractivity contribution in [3.63, 3.8) is 0 Å². The molecule has 6 heteroatoms. The summed E-state index contributed by atoms with van der Waals surface area (Å²) in [5, 5.41) is 2.81. The van der Waals surface area contributed by atoms with E-state index in [-0.39, 0.29) is 17.5 Å². The zero-order valence-corrected chi connectivity index (χ0v) is 15.4. The van der Waals surface area contributed by atoms with Crippen molar-refractivity contribution < 1.29 is 18.3 Å². The smallest absolute Gasteiger partial charge is 0.291 e. The summed E-state index contributed by atoms with van der Waals surface area (Å²) in [6.07, 6.45) is 0. The fraction of sp³-hybridized carbons (Fsp3) is 0.227. The van der Waals surface area contributed by atoms with Crippen LogP contribution in [-0.2, 0) is 11.3 Å². The Bertz CT molecular complexity index is 946. The maximum absolute atomic E-state index is 13.9. The molecule has 5 nitrogen and oxygen atoms in total. The highest BCUT2D eigenvalue weighted by molar-refractivity contribution is 6.02. The minimum Gasteiger partial charge on any atom is -0.451 e. The zero-order chi connectivity index (χ0) is 19.3. The highest BCUT2D eigenvalue weighted by Gasteiger charge is 2.15. The molecule has 1 amide bonds. The molecule has 4 rings (SSSR count). The van der Waals surface area contributed by atoms with Gasteiger partial charge in [-0.2, -0.15) is 0 Å². The number of anilines is 1. The van der Waals surface area contributed by atoms with Gasteiger partial charge in [0.05, 0.1) is 18.8 Å². The van der Waals surface area contributed by atoms with Crippen LogP contribution in [0.2, 0.25) is 0 Å². The summed E-state index contributed by atoms with van der Waals surface area (Å²) in [4.78, 5) is 14.8. The number of amides is 1. The number of hydrogen-bond acceptors (Lipinski definition) is 4. The summed E-state index contributed by atoms with van der Waals surface area (Å²) in [7, 11) is 0. The topological polar surface area (TPSA) is 54.7 Å². The van der Waals surface area contributed by atoms with Gasteiger partial charge in [-0.15, -0.1) is 0 Å². The van der Waals surface area contributed by atoms with Crippen LogP contribution in [0.5, 0.6) is 0 Å². The lowest BCUT2D eigenvalue weighted by Gasteiger charge is -2.26. The number of furan rings is 1. The van der Waals surface area contributed by atoms with Crippen LogP contribution in [0.25, 0.3) is 11.3 Å². The summed E-state index contributed by atoms with van der Waals surface area (Å²) in [6, 6.07) is 17.2. The zero-order valence-electron chi connectivity index (χ0n) is 15.4. The van der Waals surface area contributed by atoms with Gasteiger partial charge in [0.1, 0.15) is 11.6 Å². The van der Waals surface area contributed by atoms with E-state index in [1.54, 1.807) is 30.3 Å². The molecule has 2 heterocycles. The third-order valence-electron chi connectivity index (χ3n) is 4.69. The van der Waals surface area contributed by atoms with E-state index in [1.807, 2.05) is 24.3 Å². The number of ether oxygens (including phenoxy) is 1. The van der Waals surface area contributed by atoms with Crippen molar-refractivity contribution in [2.24, 2.45) is 0 Å². The predicted molar refractivity (Wildman–Crippen MR) is 105 cm³/mol. The van der Waals surface area contributed by atoms with Crippen LogP contribution in [0.15, 0.2) is 65.1 Å². The highest BCUT2D eigenvalue weighted by atomic mass is 19.1. The van der Waals surface area contributed by atoms with E-state index < -0.39 is 0 Å². The second-order valence-electron chi connectivity index (χ2n) is 6.68. The van der Waals surface area contributed by atoms with Crippen molar-refractivity contribution in [2.75, 3.05) is 31.6 Å². The quantitative estimate of drug-likeness (QED) is 0.722. The minimum atomic E-state index is -0.389.